The van der Waals surface area contributed by atoms with E-state index in [2.05, 4.69) is 20.9 Å². The van der Waals surface area contributed by atoms with Crippen molar-refractivity contribution in [2.45, 2.75) is 71.6 Å². The number of ketones is 1. The van der Waals surface area contributed by atoms with Gasteiger partial charge in [0.05, 0.1) is 18.8 Å². The number of aromatic amines is 1. The van der Waals surface area contributed by atoms with Crippen molar-refractivity contribution >= 4 is 34.6 Å². The number of hydrogen-bond donors (Lipinski definition) is 4. The molecule has 11 nitrogen and oxygen atoms in total. The Morgan fingerprint density at radius 3 is 2.52 bits per heavy atom. The van der Waals surface area contributed by atoms with Crippen molar-refractivity contribution < 1.29 is 28.7 Å². The summed E-state index contributed by atoms with van der Waals surface area (Å²) in [4.78, 5) is 54.6. The van der Waals surface area contributed by atoms with E-state index in [1.54, 1.807) is 33.1 Å². The highest BCUT2D eigenvalue weighted by molar-refractivity contribution is 6.02. The van der Waals surface area contributed by atoms with Crippen LogP contribution in [0.2, 0.25) is 0 Å². The molecule has 0 spiro atoms. The molecule has 0 aliphatic carbocycles. The van der Waals surface area contributed by atoms with E-state index in [0.717, 1.165) is 10.9 Å². The standard InChI is InChI=1S/C29H39N5O6/c1-16(2)11-19(13-24(35)22-14-20-21(33-22)7-6-8-25(20)39-5)28(37)34-23(12-18-9-10-31-27(18)36)26(15-30)40-29(38)32-17(3)4/h6-8,14,16-19,23,26,33H,9-13H2,1-5H3,(H,31,36)(H,32,38)(H,34,37)/t18-,19+,23-,26?/m0/s1. The highest BCUT2D eigenvalue weighted by Crippen LogP contribution is 2.28. The van der Waals surface area contributed by atoms with Crippen LogP contribution in [0.5, 0.6) is 5.75 Å². The minimum atomic E-state index is -1.33. The lowest BCUT2D eigenvalue weighted by molar-refractivity contribution is -0.128. The number of nitrogens with zero attached hydrogens (tertiary/aromatic N) is 1. The van der Waals surface area contributed by atoms with Crippen molar-refractivity contribution in [2.75, 3.05) is 13.7 Å². The maximum atomic E-state index is 13.6. The Morgan fingerprint density at radius 1 is 1.18 bits per heavy atom. The quantitative estimate of drug-likeness (QED) is 0.276. The Labute approximate surface area is 234 Å². The summed E-state index contributed by atoms with van der Waals surface area (Å²) in [6.45, 7) is 7.91. The molecule has 40 heavy (non-hydrogen) atoms. The highest BCUT2D eigenvalue weighted by atomic mass is 16.6. The number of carbonyl (C=O) groups is 4. The SMILES string of the molecule is COc1cccc2[nH]c(C(=O)C[C@@H](CC(C)C)C(=O)N[C@@H](C[C@@H]3CCNC3=O)C(C#N)OC(=O)NC(C)C)cc12. The molecule has 3 rings (SSSR count). The van der Waals surface area contributed by atoms with Crippen LogP contribution in [0.25, 0.3) is 10.9 Å². The zero-order valence-electron chi connectivity index (χ0n) is 23.7. The van der Waals surface area contributed by atoms with Crippen LogP contribution in [0.1, 0.15) is 63.9 Å². The van der Waals surface area contributed by atoms with Gasteiger partial charge in [0, 0.05) is 41.7 Å². The summed E-state index contributed by atoms with van der Waals surface area (Å²) in [7, 11) is 1.56. The van der Waals surface area contributed by atoms with E-state index in [1.165, 1.54) is 0 Å². The number of nitriles is 1. The van der Waals surface area contributed by atoms with Crippen LogP contribution in [0, 0.1) is 29.1 Å². The number of alkyl carbamates (subject to hydrolysis) is 1. The van der Waals surface area contributed by atoms with Crippen LogP contribution in [0.4, 0.5) is 4.79 Å². The summed E-state index contributed by atoms with van der Waals surface area (Å²) >= 11 is 0. The summed E-state index contributed by atoms with van der Waals surface area (Å²) < 4.78 is 10.7. The first-order valence-electron chi connectivity index (χ1n) is 13.7. The van der Waals surface area contributed by atoms with E-state index in [-0.39, 0.29) is 36.5 Å². The van der Waals surface area contributed by atoms with Crippen molar-refractivity contribution in [3.8, 4) is 11.8 Å². The average molecular weight is 554 g/mol. The van der Waals surface area contributed by atoms with Crippen molar-refractivity contribution in [3.05, 3.63) is 30.0 Å². The number of nitrogens with one attached hydrogen (secondary N) is 4. The summed E-state index contributed by atoms with van der Waals surface area (Å²) in [5, 5.41) is 18.8. The van der Waals surface area contributed by atoms with E-state index in [0.29, 0.717) is 30.8 Å². The molecule has 1 aromatic carbocycles. The molecule has 3 amide bonds. The van der Waals surface area contributed by atoms with Crippen LogP contribution in [0.15, 0.2) is 24.3 Å². The predicted molar refractivity (Wildman–Crippen MR) is 149 cm³/mol. The summed E-state index contributed by atoms with van der Waals surface area (Å²) in [6.07, 6.45) is -1.10. The number of methoxy groups -OCH3 is 1. The third-order valence-corrected chi connectivity index (χ3v) is 6.87. The third-order valence-electron chi connectivity index (χ3n) is 6.87. The minimum Gasteiger partial charge on any atom is -0.496 e. The number of benzene rings is 1. The Hall–Kier alpha value is -4.07. The minimum absolute atomic E-state index is 0.0678. The summed E-state index contributed by atoms with van der Waals surface area (Å²) in [5.41, 5.74) is 1.11. The second-order valence-electron chi connectivity index (χ2n) is 10.9. The molecule has 0 saturated carbocycles. The fourth-order valence-corrected chi connectivity index (χ4v) is 4.96. The van der Waals surface area contributed by atoms with Gasteiger partial charge in [-0.15, -0.1) is 0 Å². The number of ether oxygens (including phenoxy) is 2. The molecule has 1 aromatic heterocycles. The maximum absolute atomic E-state index is 13.6. The van der Waals surface area contributed by atoms with Gasteiger partial charge >= 0.3 is 6.09 Å². The van der Waals surface area contributed by atoms with Gasteiger partial charge in [0.2, 0.25) is 17.9 Å². The number of carbonyl (C=O) groups excluding carboxylic acids is 4. The van der Waals surface area contributed by atoms with Gasteiger partial charge in [0.15, 0.2) is 5.78 Å². The molecule has 0 bridgehead atoms. The van der Waals surface area contributed by atoms with Gasteiger partial charge in [-0.3, -0.25) is 14.4 Å². The second kappa shape index (κ2) is 13.8. The number of aromatic nitrogens is 1. The Bertz CT molecular complexity index is 1260. The molecule has 11 heteroatoms. The molecule has 216 valence electrons. The lowest BCUT2D eigenvalue weighted by atomic mass is 9.89. The van der Waals surface area contributed by atoms with Gasteiger partial charge in [-0.1, -0.05) is 19.9 Å². The molecular formula is C29H39N5O6. The summed E-state index contributed by atoms with van der Waals surface area (Å²) in [5.74, 6) is -1.26. The molecular weight excluding hydrogens is 514 g/mol. The number of fused-ring (bicyclic) bond motifs is 1. The Kier molecular flexibility index (Phi) is 10.5. The molecule has 1 unspecified atom stereocenters. The lowest BCUT2D eigenvalue weighted by Gasteiger charge is -2.27. The van der Waals surface area contributed by atoms with Crippen LogP contribution in [-0.2, 0) is 14.3 Å². The average Bonchev–Trinajstić information content (AvgIpc) is 3.51. The van der Waals surface area contributed by atoms with Crippen molar-refractivity contribution in [3.63, 3.8) is 0 Å². The van der Waals surface area contributed by atoms with Gasteiger partial charge in [0.1, 0.15) is 11.8 Å². The van der Waals surface area contributed by atoms with Crippen molar-refractivity contribution in [2.24, 2.45) is 17.8 Å². The molecule has 2 aromatic rings. The predicted octanol–water partition coefficient (Wildman–Crippen LogP) is 3.45. The van der Waals surface area contributed by atoms with Crippen LogP contribution in [-0.4, -0.2) is 60.5 Å². The van der Waals surface area contributed by atoms with E-state index in [9.17, 15) is 24.4 Å². The number of rotatable bonds is 13. The zero-order chi connectivity index (χ0) is 29.4. The van der Waals surface area contributed by atoms with Crippen molar-refractivity contribution in [1.82, 2.24) is 20.9 Å². The van der Waals surface area contributed by atoms with E-state index in [1.807, 2.05) is 32.0 Å². The highest BCUT2D eigenvalue weighted by Gasteiger charge is 2.36. The monoisotopic (exact) mass is 553 g/mol. The van der Waals surface area contributed by atoms with Gasteiger partial charge in [-0.2, -0.15) is 5.26 Å². The zero-order valence-corrected chi connectivity index (χ0v) is 23.7. The maximum Gasteiger partial charge on any atom is 0.408 e. The first-order chi connectivity index (χ1) is 19.0. The fourth-order valence-electron chi connectivity index (χ4n) is 4.96. The first-order valence-corrected chi connectivity index (χ1v) is 13.7. The number of hydrogen-bond acceptors (Lipinski definition) is 7. The number of H-pyrrole nitrogens is 1. The van der Waals surface area contributed by atoms with Crippen LogP contribution < -0.4 is 20.7 Å². The largest absolute Gasteiger partial charge is 0.496 e. The Morgan fingerprint density at radius 2 is 1.93 bits per heavy atom. The molecule has 4 atom stereocenters. The molecule has 2 heterocycles. The lowest BCUT2D eigenvalue weighted by Crippen LogP contribution is -2.49. The van der Waals surface area contributed by atoms with E-state index >= 15 is 0 Å². The summed E-state index contributed by atoms with van der Waals surface area (Å²) in [6, 6.07) is 7.99. The molecule has 4 N–H and O–H groups in total. The third kappa shape index (κ3) is 7.97. The van der Waals surface area contributed by atoms with Gasteiger partial charge in [0.25, 0.3) is 0 Å². The van der Waals surface area contributed by atoms with E-state index in [4.69, 9.17) is 9.47 Å². The smallest absolute Gasteiger partial charge is 0.408 e. The van der Waals surface area contributed by atoms with Crippen LogP contribution >= 0.6 is 0 Å². The van der Waals surface area contributed by atoms with Crippen molar-refractivity contribution in [1.29, 1.82) is 5.26 Å². The number of Topliss-reactive ketones (excluding diaryl/α,β-unsaturated/α-hetero) is 1. The molecule has 1 aliphatic heterocycles. The Balaban J connectivity index is 1.81. The van der Waals surface area contributed by atoms with Gasteiger partial charge in [-0.05, 0) is 57.2 Å². The second-order valence-corrected chi connectivity index (χ2v) is 10.9. The fraction of sp³-hybridized carbons (Fsp3) is 0.552. The molecule has 1 fully saturated rings. The van der Waals surface area contributed by atoms with Gasteiger partial charge in [-0.25, -0.2) is 4.79 Å². The van der Waals surface area contributed by atoms with E-state index < -0.39 is 36.0 Å². The molecule has 0 radical (unpaired) electrons. The normalized spacial score (nSPS) is 17.1. The van der Waals surface area contributed by atoms with Gasteiger partial charge < -0.3 is 30.4 Å². The van der Waals surface area contributed by atoms with Crippen LogP contribution in [0.3, 0.4) is 0 Å². The molecule has 1 aliphatic rings. The molecule has 1 saturated heterocycles. The topological polar surface area (TPSA) is 162 Å². The number of amides is 3. The first kappa shape index (κ1) is 30.5.